The number of nitrogens with one attached hydrogen (secondary N) is 1. The summed E-state index contributed by atoms with van der Waals surface area (Å²) in [5.41, 5.74) is 1.86. The van der Waals surface area contributed by atoms with E-state index in [1.54, 1.807) is 7.11 Å². The molecule has 0 aliphatic carbocycles. The summed E-state index contributed by atoms with van der Waals surface area (Å²) in [5.74, 6) is 0.594. The molecule has 0 unspecified atom stereocenters. The van der Waals surface area contributed by atoms with Crippen molar-refractivity contribution in [2.75, 3.05) is 33.4 Å². The van der Waals surface area contributed by atoms with E-state index in [9.17, 15) is 9.59 Å². The van der Waals surface area contributed by atoms with Crippen molar-refractivity contribution in [3.05, 3.63) is 17.5 Å². The molecule has 1 N–H and O–H groups in total. The van der Waals surface area contributed by atoms with Gasteiger partial charge in [0.2, 0.25) is 5.91 Å². The summed E-state index contributed by atoms with van der Waals surface area (Å²) >= 11 is 0. The molecule has 3 amide bonds. The van der Waals surface area contributed by atoms with Crippen LogP contribution in [0.3, 0.4) is 0 Å². The fourth-order valence-corrected chi connectivity index (χ4v) is 3.86. The average molecular weight is 377 g/mol. The number of rotatable bonds is 5. The average Bonchev–Trinajstić information content (AvgIpc) is 3.08. The molecule has 8 heteroatoms. The molecule has 0 spiro atoms. The van der Waals surface area contributed by atoms with E-state index in [-0.39, 0.29) is 17.9 Å². The molecule has 150 valence electrons. The predicted octanol–water partition coefficient (Wildman–Crippen LogP) is 1.45. The van der Waals surface area contributed by atoms with Crippen LogP contribution in [0.1, 0.15) is 38.1 Å². The molecule has 3 rings (SSSR count). The lowest BCUT2D eigenvalue weighted by molar-refractivity contribution is -0.136. The van der Waals surface area contributed by atoms with Crippen LogP contribution in [0.4, 0.5) is 4.79 Å². The third kappa shape index (κ3) is 4.80. The molecule has 1 aromatic heterocycles. The molecule has 1 saturated heterocycles. The minimum absolute atomic E-state index is 0.00436. The maximum atomic E-state index is 12.5. The number of ether oxygens (including phenoxy) is 1. The Morgan fingerprint density at radius 3 is 2.85 bits per heavy atom. The summed E-state index contributed by atoms with van der Waals surface area (Å²) in [6.07, 6.45) is 2.12. The quantitative estimate of drug-likeness (QED) is 0.842. The number of hydrogen-bond donors (Lipinski definition) is 1. The normalized spacial score (nSPS) is 19.9. The van der Waals surface area contributed by atoms with E-state index in [4.69, 9.17) is 4.74 Å². The van der Waals surface area contributed by atoms with E-state index < -0.39 is 0 Å². The van der Waals surface area contributed by atoms with Gasteiger partial charge in [0.1, 0.15) is 0 Å². The summed E-state index contributed by atoms with van der Waals surface area (Å²) in [6.45, 7) is 8.46. The SMILES string of the molecule is COC[C@@H]1CCCN(C(=O)NCc2cc3n(n2)CCN(C(=O)C(C)C)C3)C1. The summed E-state index contributed by atoms with van der Waals surface area (Å²) < 4.78 is 7.17. The highest BCUT2D eigenvalue weighted by molar-refractivity contribution is 5.78. The molecule has 2 aliphatic heterocycles. The van der Waals surface area contributed by atoms with Crippen molar-refractivity contribution < 1.29 is 14.3 Å². The van der Waals surface area contributed by atoms with E-state index in [1.807, 2.05) is 34.4 Å². The van der Waals surface area contributed by atoms with Crippen LogP contribution in [0.2, 0.25) is 0 Å². The molecule has 1 atom stereocenters. The molecule has 0 bridgehead atoms. The second kappa shape index (κ2) is 8.73. The fraction of sp³-hybridized carbons (Fsp3) is 0.737. The maximum Gasteiger partial charge on any atom is 0.317 e. The van der Waals surface area contributed by atoms with Crippen LogP contribution in [-0.4, -0.2) is 64.9 Å². The minimum atomic E-state index is -0.0432. The van der Waals surface area contributed by atoms with Crippen molar-refractivity contribution >= 4 is 11.9 Å². The number of aromatic nitrogens is 2. The van der Waals surface area contributed by atoms with Gasteiger partial charge in [-0.15, -0.1) is 0 Å². The highest BCUT2D eigenvalue weighted by atomic mass is 16.5. The highest BCUT2D eigenvalue weighted by Gasteiger charge is 2.25. The van der Waals surface area contributed by atoms with Gasteiger partial charge in [0, 0.05) is 38.6 Å². The van der Waals surface area contributed by atoms with Crippen LogP contribution in [0.5, 0.6) is 0 Å². The van der Waals surface area contributed by atoms with Gasteiger partial charge in [-0.1, -0.05) is 13.8 Å². The predicted molar refractivity (Wildman–Crippen MR) is 101 cm³/mol. The number of piperidine rings is 1. The van der Waals surface area contributed by atoms with Crippen LogP contribution in [0, 0.1) is 11.8 Å². The van der Waals surface area contributed by atoms with Gasteiger partial charge in [-0.3, -0.25) is 9.48 Å². The minimum Gasteiger partial charge on any atom is -0.384 e. The standard InChI is InChI=1S/C19H31N5O3/c1-14(2)18(25)22-7-8-24-17(12-22)9-16(21-24)10-20-19(26)23-6-4-5-15(11-23)13-27-3/h9,14-15H,4-8,10-13H2,1-3H3,(H,20,26)/t15-/m1/s1. The largest absolute Gasteiger partial charge is 0.384 e. The molecule has 3 heterocycles. The third-order valence-electron chi connectivity index (χ3n) is 5.28. The number of nitrogens with zero attached hydrogens (tertiary/aromatic N) is 4. The third-order valence-corrected chi connectivity index (χ3v) is 5.28. The van der Waals surface area contributed by atoms with E-state index in [0.717, 1.165) is 37.3 Å². The Morgan fingerprint density at radius 1 is 1.30 bits per heavy atom. The van der Waals surface area contributed by atoms with Crippen molar-refractivity contribution in [3.63, 3.8) is 0 Å². The van der Waals surface area contributed by atoms with Crippen molar-refractivity contribution in [1.29, 1.82) is 0 Å². The Hall–Kier alpha value is -2.09. The molecule has 27 heavy (non-hydrogen) atoms. The summed E-state index contributed by atoms with van der Waals surface area (Å²) in [5, 5.41) is 7.56. The van der Waals surface area contributed by atoms with Crippen molar-refractivity contribution in [3.8, 4) is 0 Å². The van der Waals surface area contributed by atoms with Gasteiger partial charge >= 0.3 is 6.03 Å². The Morgan fingerprint density at radius 2 is 2.11 bits per heavy atom. The Kier molecular flexibility index (Phi) is 6.36. The van der Waals surface area contributed by atoms with Gasteiger partial charge in [0.05, 0.1) is 37.6 Å². The molecule has 1 fully saturated rings. The van der Waals surface area contributed by atoms with Crippen LogP contribution in [0.25, 0.3) is 0 Å². The van der Waals surface area contributed by atoms with Crippen LogP contribution >= 0.6 is 0 Å². The van der Waals surface area contributed by atoms with Gasteiger partial charge in [-0.05, 0) is 18.9 Å². The monoisotopic (exact) mass is 377 g/mol. The lowest BCUT2D eigenvalue weighted by atomic mass is 9.99. The van der Waals surface area contributed by atoms with Crippen LogP contribution < -0.4 is 5.32 Å². The Bertz CT molecular complexity index is 670. The first-order valence-corrected chi connectivity index (χ1v) is 9.84. The van der Waals surface area contributed by atoms with Crippen molar-refractivity contribution in [2.24, 2.45) is 11.8 Å². The first kappa shape index (κ1) is 19.7. The molecule has 1 aromatic rings. The van der Waals surface area contributed by atoms with Crippen molar-refractivity contribution in [2.45, 2.75) is 46.3 Å². The van der Waals surface area contributed by atoms with Crippen LogP contribution in [-0.2, 0) is 29.2 Å². The van der Waals surface area contributed by atoms with Gasteiger partial charge in [0.15, 0.2) is 0 Å². The number of likely N-dealkylation sites (tertiary alicyclic amines) is 1. The smallest absolute Gasteiger partial charge is 0.317 e. The lowest BCUT2D eigenvalue weighted by Crippen LogP contribution is -2.46. The first-order chi connectivity index (χ1) is 13.0. The summed E-state index contributed by atoms with van der Waals surface area (Å²) in [7, 11) is 1.70. The van der Waals surface area contributed by atoms with E-state index in [1.165, 1.54) is 0 Å². The van der Waals surface area contributed by atoms with Gasteiger partial charge < -0.3 is 19.9 Å². The van der Waals surface area contributed by atoms with E-state index in [0.29, 0.717) is 38.7 Å². The van der Waals surface area contributed by atoms with Gasteiger partial charge in [-0.25, -0.2) is 4.79 Å². The molecule has 0 aromatic carbocycles. The molecular weight excluding hydrogens is 346 g/mol. The zero-order chi connectivity index (χ0) is 19.4. The zero-order valence-corrected chi connectivity index (χ0v) is 16.6. The number of carbonyl (C=O) groups is 2. The zero-order valence-electron chi connectivity index (χ0n) is 16.6. The van der Waals surface area contributed by atoms with Crippen molar-refractivity contribution in [1.82, 2.24) is 24.9 Å². The number of urea groups is 1. The van der Waals surface area contributed by atoms with E-state index >= 15 is 0 Å². The molecule has 0 radical (unpaired) electrons. The number of amides is 3. The summed E-state index contributed by atoms with van der Waals surface area (Å²) in [4.78, 5) is 28.4. The highest BCUT2D eigenvalue weighted by Crippen LogP contribution is 2.18. The lowest BCUT2D eigenvalue weighted by Gasteiger charge is -2.32. The topological polar surface area (TPSA) is 79.7 Å². The van der Waals surface area contributed by atoms with Crippen LogP contribution in [0.15, 0.2) is 6.07 Å². The number of hydrogen-bond acceptors (Lipinski definition) is 4. The first-order valence-electron chi connectivity index (χ1n) is 9.84. The van der Waals surface area contributed by atoms with Gasteiger partial charge in [0.25, 0.3) is 0 Å². The molecule has 8 nitrogen and oxygen atoms in total. The number of methoxy groups -OCH3 is 1. The number of fused-ring (bicyclic) bond motifs is 1. The molecular formula is C19H31N5O3. The Balaban J connectivity index is 1.52. The molecule has 0 saturated carbocycles. The molecule has 2 aliphatic rings. The second-order valence-electron chi connectivity index (χ2n) is 7.83. The number of carbonyl (C=O) groups excluding carboxylic acids is 2. The Labute approximate surface area is 160 Å². The summed E-state index contributed by atoms with van der Waals surface area (Å²) in [6, 6.07) is 1.95. The maximum absolute atomic E-state index is 12.5. The van der Waals surface area contributed by atoms with Gasteiger partial charge in [-0.2, -0.15) is 5.10 Å². The second-order valence-corrected chi connectivity index (χ2v) is 7.83. The van der Waals surface area contributed by atoms with E-state index in [2.05, 4.69) is 10.4 Å². The fourth-order valence-electron chi connectivity index (χ4n) is 3.86.